The predicted molar refractivity (Wildman–Crippen MR) is 85.3 cm³/mol. The highest BCUT2D eigenvalue weighted by Gasteiger charge is 2.09. The van der Waals surface area contributed by atoms with Crippen molar-refractivity contribution in [3.63, 3.8) is 0 Å². The summed E-state index contributed by atoms with van der Waals surface area (Å²) in [4.78, 5) is 23.5. The molecular formula is C15H14Cl2N2O2. The second-order valence-electron chi connectivity index (χ2n) is 4.73. The van der Waals surface area contributed by atoms with Crippen LogP contribution < -0.4 is 10.7 Å². The fraction of sp³-hybridized carbons (Fsp3) is 0.200. The summed E-state index contributed by atoms with van der Waals surface area (Å²) in [6.45, 7) is 3.69. The number of hydrogen-bond acceptors (Lipinski definition) is 2. The second kappa shape index (κ2) is 6.33. The first-order chi connectivity index (χ1) is 9.86. The van der Waals surface area contributed by atoms with Crippen molar-refractivity contribution in [1.82, 2.24) is 4.57 Å². The first kappa shape index (κ1) is 15.6. The number of carbonyl (C=O) groups excluding carboxylic acids is 1. The zero-order valence-corrected chi connectivity index (χ0v) is 13.1. The van der Waals surface area contributed by atoms with Gasteiger partial charge in [-0.05, 0) is 32.0 Å². The number of halogens is 2. The highest BCUT2D eigenvalue weighted by molar-refractivity contribution is 6.36. The lowest BCUT2D eigenvalue weighted by Crippen LogP contribution is -2.23. The van der Waals surface area contributed by atoms with Crippen LogP contribution in [0.25, 0.3) is 0 Å². The van der Waals surface area contributed by atoms with Crippen LogP contribution in [0.1, 0.15) is 11.4 Å². The van der Waals surface area contributed by atoms with Gasteiger partial charge in [-0.1, -0.05) is 23.2 Å². The van der Waals surface area contributed by atoms with Crippen LogP contribution in [0.3, 0.4) is 0 Å². The minimum absolute atomic E-state index is 0.0672. The lowest BCUT2D eigenvalue weighted by atomic mass is 10.2. The van der Waals surface area contributed by atoms with Crippen molar-refractivity contribution >= 4 is 34.8 Å². The summed E-state index contributed by atoms with van der Waals surface area (Å²) in [5, 5.41) is 3.61. The van der Waals surface area contributed by atoms with Gasteiger partial charge in [0.2, 0.25) is 5.91 Å². The summed E-state index contributed by atoms with van der Waals surface area (Å²) < 4.78 is 1.76. The summed E-state index contributed by atoms with van der Waals surface area (Å²) in [5.41, 5.74) is 1.90. The van der Waals surface area contributed by atoms with E-state index in [1.165, 1.54) is 12.1 Å². The number of nitrogens with zero attached hydrogens (tertiary/aromatic N) is 1. The molecule has 0 aliphatic carbocycles. The molecule has 1 aromatic carbocycles. The minimum Gasteiger partial charge on any atom is -0.340 e. The van der Waals surface area contributed by atoms with E-state index in [1.54, 1.807) is 36.6 Å². The van der Waals surface area contributed by atoms with E-state index in [0.717, 1.165) is 11.4 Å². The van der Waals surface area contributed by atoms with Gasteiger partial charge < -0.3 is 9.88 Å². The highest BCUT2D eigenvalue weighted by atomic mass is 35.5. The minimum atomic E-state index is -0.228. The van der Waals surface area contributed by atoms with Crippen LogP contribution in [0.2, 0.25) is 10.0 Å². The Morgan fingerprint density at radius 3 is 2.33 bits per heavy atom. The molecule has 0 fully saturated rings. The molecule has 0 saturated heterocycles. The van der Waals surface area contributed by atoms with Gasteiger partial charge in [-0.2, -0.15) is 0 Å². The Hall–Kier alpha value is -1.78. The molecule has 0 bridgehead atoms. The van der Waals surface area contributed by atoms with E-state index in [2.05, 4.69) is 5.32 Å². The number of aryl methyl sites for hydroxylation is 2. The third-order valence-electron chi connectivity index (χ3n) is 3.06. The quantitative estimate of drug-likeness (QED) is 0.940. The van der Waals surface area contributed by atoms with Crippen molar-refractivity contribution in [2.24, 2.45) is 0 Å². The van der Waals surface area contributed by atoms with E-state index < -0.39 is 0 Å². The lowest BCUT2D eigenvalue weighted by molar-refractivity contribution is -0.116. The Morgan fingerprint density at radius 1 is 1.14 bits per heavy atom. The largest absolute Gasteiger partial charge is 0.340 e. The number of carbonyl (C=O) groups is 1. The maximum Gasteiger partial charge on any atom is 0.244 e. The molecule has 4 nitrogen and oxygen atoms in total. The third-order valence-corrected chi connectivity index (χ3v) is 3.61. The van der Waals surface area contributed by atoms with Gasteiger partial charge in [0.1, 0.15) is 6.54 Å². The zero-order valence-electron chi connectivity index (χ0n) is 11.6. The first-order valence-electron chi connectivity index (χ1n) is 6.30. The molecular weight excluding hydrogens is 311 g/mol. The van der Waals surface area contributed by atoms with Crippen LogP contribution >= 0.6 is 23.2 Å². The van der Waals surface area contributed by atoms with Gasteiger partial charge in [-0.15, -0.1) is 0 Å². The normalized spacial score (nSPS) is 10.5. The van der Waals surface area contributed by atoms with Gasteiger partial charge in [0.05, 0.1) is 10.7 Å². The van der Waals surface area contributed by atoms with Crippen molar-refractivity contribution in [3.05, 3.63) is 62.0 Å². The summed E-state index contributed by atoms with van der Waals surface area (Å²) >= 11 is 11.8. The van der Waals surface area contributed by atoms with E-state index in [0.29, 0.717) is 15.7 Å². The van der Waals surface area contributed by atoms with Crippen LogP contribution in [0.15, 0.2) is 35.1 Å². The lowest BCUT2D eigenvalue weighted by Gasteiger charge is -2.14. The molecule has 110 valence electrons. The van der Waals surface area contributed by atoms with Crippen molar-refractivity contribution in [2.75, 3.05) is 5.32 Å². The second-order valence-corrected chi connectivity index (χ2v) is 5.58. The number of benzene rings is 1. The fourth-order valence-corrected chi connectivity index (χ4v) is 2.52. The maximum atomic E-state index is 12.1. The van der Waals surface area contributed by atoms with Crippen LogP contribution in [0.4, 0.5) is 5.69 Å². The van der Waals surface area contributed by atoms with E-state index >= 15 is 0 Å². The van der Waals surface area contributed by atoms with Crippen molar-refractivity contribution in [1.29, 1.82) is 0 Å². The van der Waals surface area contributed by atoms with Crippen LogP contribution in [-0.2, 0) is 11.3 Å². The molecule has 2 aromatic rings. The SMILES string of the molecule is Cc1cc(=O)cc(C)n1CC(=O)Nc1ccc(Cl)cc1Cl. The van der Waals surface area contributed by atoms with Gasteiger partial charge >= 0.3 is 0 Å². The fourth-order valence-electron chi connectivity index (χ4n) is 2.06. The van der Waals surface area contributed by atoms with Crippen LogP contribution in [-0.4, -0.2) is 10.5 Å². The van der Waals surface area contributed by atoms with Gasteiger partial charge in [-0.3, -0.25) is 9.59 Å². The van der Waals surface area contributed by atoms with E-state index in [4.69, 9.17) is 23.2 Å². The molecule has 0 aliphatic heterocycles. The van der Waals surface area contributed by atoms with Crippen molar-refractivity contribution in [3.8, 4) is 0 Å². The molecule has 2 rings (SSSR count). The van der Waals surface area contributed by atoms with E-state index in [-0.39, 0.29) is 17.9 Å². The zero-order chi connectivity index (χ0) is 15.6. The van der Waals surface area contributed by atoms with E-state index in [9.17, 15) is 9.59 Å². The number of rotatable bonds is 3. The smallest absolute Gasteiger partial charge is 0.244 e. The molecule has 0 aliphatic rings. The molecule has 0 saturated carbocycles. The molecule has 1 N–H and O–H groups in total. The average Bonchev–Trinajstić information content (AvgIpc) is 2.37. The molecule has 0 radical (unpaired) electrons. The van der Waals surface area contributed by atoms with Gasteiger partial charge in [-0.25, -0.2) is 0 Å². The Bertz CT molecular complexity index is 728. The number of nitrogens with one attached hydrogen (secondary N) is 1. The predicted octanol–water partition coefficient (Wildman–Crippen LogP) is 3.41. The van der Waals surface area contributed by atoms with Crippen LogP contribution in [0.5, 0.6) is 0 Å². The Labute approximate surface area is 132 Å². The summed E-state index contributed by atoms with van der Waals surface area (Å²) in [6.07, 6.45) is 0. The number of hydrogen-bond donors (Lipinski definition) is 1. The highest BCUT2D eigenvalue weighted by Crippen LogP contribution is 2.25. The Morgan fingerprint density at radius 2 is 1.76 bits per heavy atom. The summed E-state index contributed by atoms with van der Waals surface area (Å²) in [5.74, 6) is -0.228. The van der Waals surface area contributed by atoms with Gasteiger partial charge in [0.25, 0.3) is 0 Å². The van der Waals surface area contributed by atoms with Gasteiger partial charge in [0, 0.05) is 28.5 Å². The molecule has 0 atom stereocenters. The Kier molecular flexibility index (Phi) is 4.70. The van der Waals surface area contributed by atoms with E-state index in [1.807, 2.05) is 0 Å². The standard InChI is InChI=1S/C15H14Cl2N2O2/c1-9-5-12(20)6-10(2)19(9)8-15(21)18-14-4-3-11(16)7-13(14)17/h3-7H,8H2,1-2H3,(H,18,21). The molecule has 6 heteroatoms. The van der Waals surface area contributed by atoms with Gasteiger partial charge in [0.15, 0.2) is 5.43 Å². The molecule has 0 spiro atoms. The molecule has 1 amide bonds. The number of anilines is 1. The third kappa shape index (κ3) is 3.86. The molecule has 21 heavy (non-hydrogen) atoms. The summed E-state index contributed by atoms with van der Waals surface area (Å²) in [7, 11) is 0. The average molecular weight is 325 g/mol. The Balaban J connectivity index is 2.17. The first-order valence-corrected chi connectivity index (χ1v) is 7.05. The van der Waals surface area contributed by atoms with Crippen molar-refractivity contribution < 1.29 is 4.79 Å². The molecule has 1 heterocycles. The van der Waals surface area contributed by atoms with Crippen molar-refractivity contribution in [2.45, 2.75) is 20.4 Å². The maximum absolute atomic E-state index is 12.1. The topological polar surface area (TPSA) is 51.1 Å². The number of pyridine rings is 1. The molecule has 0 unspecified atom stereocenters. The number of amides is 1. The molecule has 1 aromatic heterocycles. The summed E-state index contributed by atoms with van der Waals surface area (Å²) in [6, 6.07) is 7.85. The van der Waals surface area contributed by atoms with Crippen LogP contribution in [0, 0.1) is 13.8 Å². The monoisotopic (exact) mass is 324 g/mol. The number of aromatic nitrogens is 1.